The summed E-state index contributed by atoms with van der Waals surface area (Å²) in [5.41, 5.74) is -0.413. The number of ether oxygens (including phenoxy) is 1. The summed E-state index contributed by atoms with van der Waals surface area (Å²) in [4.78, 5) is 11.2. The number of hydrogen-bond donors (Lipinski definition) is 3. The van der Waals surface area contributed by atoms with Gasteiger partial charge in [0.05, 0.1) is 17.1 Å². The van der Waals surface area contributed by atoms with E-state index in [1.807, 2.05) is 0 Å². The molecule has 0 spiro atoms. The van der Waals surface area contributed by atoms with Crippen molar-refractivity contribution in [2.24, 2.45) is 5.92 Å². The van der Waals surface area contributed by atoms with E-state index in [1.165, 1.54) is 5.06 Å². The fourth-order valence-electron chi connectivity index (χ4n) is 5.33. The molecule has 1 heterocycles. The maximum Gasteiger partial charge on any atom is 0.123 e. The molecular formula is C21H29NO5. The zero-order chi connectivity index (χ0) is 19.2. The Morgan fingerprint density at radius 2 is 2.11 bits per heavy atom. The Morgan fingerprint density at radius 1 is 1.33 bits per heavy atom. The molecule has 3 N–H and O–H groups in total. The van der Waals surface area contributed by atoms with Crippen LogP contribution in [0.2, 0.25) is 0 Å². The van der Waals surface area contributed by atoms with Gasteiger partial charge in [0.1, 0.15) is 24.4 Å². The molecule has 3 aliphatic rings. The molecule has 2 aliphatic carbocycles. The second-order valence-corrected chi connectivity index (χ2v) is 8.47. The van der Waals surface area contributed by atoms with E-state index in [9.17, 15) is 20.2 Å². The molecule has 27 heavy (non-hydrogen) atoms. The van der Waals surface area contributed by atoms with Crippen LogP contribution in [-0.2, 0) is 16.6 Å². The zero-order valence-electron chi connectivity index (χ0n) is 15.9. The summed E-state index contributed by atoms with van der Waals surface area (Å²) in [7, 11) is 0. The first-order chi connectivity index (χ1) is 13.0. The molecule has 0 aromatic heterocycles. The lowest BCUT2D eigenvalue weighted by atomic mass is 9.56. The smallest absolute Gasteiger partial charge is 0.123 e. The first-order valence-electron chi connectivity index (χ1n) is 10.1. The monoisotopic (exact) mass is 375 g/mol. The van der Waals surface area contributed by atoms with Gasteiger partial charge in [-0.2, -0.15) is 5.06 Å². The summed E-state index contributed by atoms with van der Waals surface area (Å²) in [5.74, 6) is 1.33. The van der Waals surface area contributed by atoms with Crippen molar-refractivity contribution >= 4 is 6.29 Å². The van der Waals surface area contributed by atoms with Crippen LogP contribution in [0.25, 0.3) is 0 Å². The van der Waals surface area contributed by atoms with Gasteiger partial charge in [0, 0.05) is 24.1 Å². The van der Waals surface area contributed by atoms with Crippen LogP contribution in [0.15, 0.2) is 12.1 Å². The minimum atomic E-state index is -1.31. The molecule has 1 aromatic carbocycles. The highest BCUT2D eigenvalue weighted by atomic mass is 16.5. The molecule has 6 heteroatoms. The minimum absolute atomic E-state index is 0.182. The number of hydrogen-bond acceptors (Lipinski definition) is 6. The number of nitrogens with zero attached hydrogens (tertiary/aromatic N) is 1. The van der Waals surface area contributed by atoms with Crippen LogP contribution in [0, 0.1) is 5.92 Å². The number of phenolic OH excluding ortho intramolecular Hbond substituents is 1. The van der Waals surface area contributed by atoms with Crippen molar-refractivity contribution in [1.82, 2.24) is 5.06 Å². The topological polar surface area (TPSA) is 90.2 Å². The largest absolute Gasteiger partial charge is 0.508 e. The first-order valence-corrected chi connectivity index (χ1v) is 10.1. The van der Waals surface area contributed by atoms with E-state index in [2.05, 4.69) is 6.92 Å². The molecule has 0 bridgehead atoms. The van der Waals surface area contributed by atoms with Crippen molar-refractivity contribution in [3.63, 3.8) is 0 Å². The number of carbonyl (C=O) groups excluding carboxylic acids is 1. The first kappa shape index (κ1) is 18.7. The van der Waals surface area contributed by atoms with Gasteiger partial charge in [-0.05, 0) is 50.2 Å². The van der Waals surface area contributed by atoms with E-state index in [4.69, 9.17) is 4.74 Å². The second-order valence-electron chi connectivity index (χ2n) is 8.47. The maximum absolute atomic E-state index is 12.1. The maximum atomic E-state index is 12.1. The van der Waals surface area contributed by atoms with Crippen LogP contribution in [0.1, 0.15) is 56.6 Å². The third-order valence-corrected chi connectivity index (χ3v) is 6.80. The lowest BCUT2D eigenvalue weighted by Crippen LogP contribution is -2.67. The molecule has 2 unspecified atom stereocenters. The number of phenols is 1. The van der Waals surface area contributed by atoms with E-state index in [-0.39, 0.29) is 18.6 Å². The standard InChI is InChI=1S/C21H29NO5/c1-2-8-20-13-27-17-7-6-16(24)15(19(17)20)11-18(21(20,25)9-3-10-23)22(26)12-14-4-5-14/h6-7,10,14,18,24-26H,2-5,8-9,11-13H2,1H3/t18?,20-,21?/m1/s1. The third kappa shape index (κ3) is 2.77. The molecule has 3 atom stereocenters. The average Bonchev–Trinajstić information content (AvgIpc) is 3.38. The molecular weight excluding hydrogens is 346 g/mol. The molecule has 1 fully saturated rings. The number of aromatic hydroxyl groups is 1. The van der Waals surface area contributed by atoms with Crippen LogP contribution in [0.4, 0.5) is 0 Å². The molecule has 148 valence electrons. The van der Waals surface area contributed by atoms with Gasteiger partial charge in [-0.15, -0.1) is 0 Å². The quantitative estimate of drug-likeness (QED) is 0.478. The van der Waals surface area contributed by atoms with Gasteiger partial charge in [-0.3, -0.25) is 0 Å². The Hall–Kier alpha value is -1.63. The molecule has 4 rings (SSSR count). The average molecular weight is 375 g/mol. The highest BCUT2D eigenvalue weighted by Crippen LogP contribution is 2.58. The van der Waals surface area contributed by atoms with Crippen LogP contribution < -0.4 is 4.74 Å². The molecule has 1 aliphatic heterocycles. The van der Waals surface area contributed by atoms with Gasteiger partial charge >= 0.3 is 0 Å². The van der Waals surface area contributed by atoms with Gasteiger partial charge < -0.3 is 25.0 Å². The number of hydroxylamine groups is 2. The molecule has 1 saturated carbocycles. The van der Waals surface area contributed by atoms with Crippen molar-refractivity contribution in [2.75, 3.05) is 13.2 Å². The van der Waals surface area contributed by atoms with Crippen molar-refractivity contribution in [1.29, 1.82) is 0 Å². The Bertz CT molecular complexity index is 730. The van der Waals surface area contributed by atoms with Crippen molar-refractivity contribution in [2.45, 2.75) is 68.9 Å². The summed E-state index contributed by atoms with van der Waals surface area (Å²) in [5, 5.41) is 34.8. The third-order valence-electron chi connectivity index (χ3n) is 6.80. The highest BCUT2D eigenvalue weighted by Gasteiger charge is 2.63. The van der Waals surface area contributed by atoms with Gasteiger partial charge in [-0.1, -0.05) is 13.3 Å². The fraction of sp³-hybridized carbons (Fsp3) is 0.667. The van der Waals surface area contributed by atoms with Crippen molar-refractivity contribution in [3.05, 3.63) is 23.3 Å². The SMILES string of the molecule is CCC[C@@]12COc3ccc(O)c(c31)CC(N(O)CC1CC1)C2(O)CCC=O. The summed E-state index contributed by atoms with van der Waals surface area (Å²) >= 11 is 0. The van der Waals surface area contributed by atoms with Crippen LogP contribution in [0.3, 0.4) is 0 Å². The normalized spacial score (nSPS) is 31.6. The predicted octanol–water partition coefficient (Wildman–Crippen LogP) is 2.56. The molecule has 0 saturated heterocycles. The van der Waals surface area contributed by atoms with Gasteiger partial charge in [-0.25, -0.2) is 0 Å². The Balaban J connectivity index is 1.85. The van der Waals surface area contributed by atoms with Crippen molar-refractivity contribution < 1.29 is 25.0 Å². The van der Waals surface area contributed by atoms with Crippen LogP contribution in [-0.4, -0.2) is 51.6 Å². The minimum Gasteiger partial charge on any atom is -0.508 e. The Kier molecular flexibility index (Phi) is 4.69. The molecule has 0 radical (unpaired) electrons. The lowest BCUT2D eigenvalue weighted by Gasteiger charge is -2.54. The van der Waals surface area contributed by atoms with Crippen LogP contribution in [0.5, 0.6) is 11.5 Å². The molecule has 6 nitrogen and oxygen atoms in total. The van der Waals surface area contributed by atoms with Crippen molar-refractivity contribution in [3.8, 4) is 11.5 Å². The van der Waals surface area contributed by atoms with Crippen LogP contribution >= 0.6 is 0 Å². The van der Waals surface area contributed by atoms with E-state index in [0.29, 0.717) is 37.7 Å². The number of aliphatic hydroxyl groups is 1. The number of aldehydes is 1. The van der Waals surface area contributed by atoms with Gasteiger partial charge in [0.15, 0.2) is 0 Å². The number of benzene rings is 1. The van der Waals surface area contributed by atoms with Gasteiger partial charge in [0.25, 0.3) is 0 Å². The Morgan fingerprint density at radius 3 is 2.78 bits per heavy atom. The highest BCUT2D eigenvalue weighted by molar-refractivity contribution is 5.59. The van der Waals surface area contributed by atoms with E-state index in [0.717, 1.165) is 36.7 Å². The van der Waals surface area contributed by atoms with E-state index in [1.54, 1.807) is 12.1 Å². The molecule has 1 aromatic rings. The number of rotatable bonds is 8. The van der Waals surface area contributed by atoms with E-state index < -0.39 is 17.1 Å². The predicted molar refractivity (Wildman–Crippen MR) is 99.1 cm³/mol. The summed E-state index contributed by atoms with van der Waals surface area (Å²) in [6.45, 7) is 2.86. The number of carbonyl (C=O) groups is 1. The summed E-state index contributed by atoms with van der Waals surface area (Å²) < 4.78 is 5.97. The molecule has 0 amide bonds. The summed E-state index contributed by atoms with van der Waals surface area (Å²) in [6.07, 6.45) is 5.31. The van der Waals surface area contributed by atoms with E-state index >= 15 is 0 Å². The fourth-order valence-corrected chi connectivity index (χ4v) is 5.33. The Labute approximate surface area is 159 Å². The lowest BCUT2D eigenvalue weighted by molar-refractivity contribution is -0.217. The second kappa shape index (κ2) is 6.76. The zero-order valence-corrected chi connectivity index (χ0v) is 15.9. The summed E-state index contributed by atoms with van der Waals surface area (Å²) in [6, 6.07) is 2.80. The van der Waals surface area contributed by atoms with Gasteiger partial charge in [0.2, 0.25) is 0 Å².